The van der Waals surface area contributed by atoms with Gasteiger partial charge in [-0.15, -0.1) is 0 Å². The minimum atomic E-state index is 0.268. The van der Waals surface area contributed by atoms with Gasteiger partial charge in [0.05, 0.1) is 0 Å². The first-order valence-corrected chi connectivity index (χ1v) is 7.34. The van der Waals surface area contributed by atoms with Gasteiger partial charge in [-0.25, -0.2) is 0 Å². The second kappa shape index (κ2) is 6.06. The van der Waals surface area contributed by atoms with E-state index in [2.05, 4.69) is 65.8 Å². The Morgan fingerprint density at radius 2 is 1.76 bits per heavy atom. The van der Waals surface area contributed by atoms with Crippen molar-refractivity contribution in [1.29, 1.82) is 0 Å². The molecule has 1 unspecified atom stereocenters. The molecule has 0 saturated heterocycles. The van der Waals surface area contributed by atoms with Crippen molar-refractivity contribution in [3.05, 3.63) is 77.6 Å². The summed E-state index contributed by atoms with van der Waals surface area (Å²) in [5, 5.41) is 5.92. The average Bonchev–Trinajstić information content (AvgIpc) is 2.54. The molecule has 0 saturated carbocycles. The number of aromatic nitrogens is 1. The third kappa shape index (κ3) is 2.81. The van der Waals surface area contributed by atoms with Crippen LogP contribution in [-0.4, -0.2) is 12.0 Å². The molecule has 0 aliphatic carbocycles. The molecule has 0 fully saturated rings. The molecule has 0 radical (unpaired) electrons. The van der Waals surface area contributed by atoms with E-state index < -0.39 is 0 Å². The van der Waals surface area contributed by atoms with Crippen LogP contribution in [0.25, 0.3) is 10.8 Å². The van der Waals surface area contributed by atoms with Gasteiger partial charge >= 0.3 is 0 Å². The number of hydrogen-bond acceptors (Lipinski definition) is 2. The van der Waals surface area contributed by atoms with E-state index in [9.17, 15) is 0 Å². The Balaban J connectivity index is 2.01. The summed E-state index contributed by atoms with van der Waals surface area (Å²) in [7, 11) is 2.02. The molecule has 2 nitrogen and oxygen atoms in total. The monoisotopic (exact) mass is 276 g/mol. The van der Waals surface area contributed by atoms with Crippen LogP contribution in [0.15, 0.2) is 60.9 Å². The maximum absolute atomic E-state index is 4.41. The summed E-state index contributed by atoms with van der Waals surface area (Å²) in [6.45, 7) is 2.17. The van der Waals surface area contributed by atoms with Gasteiger partial charge < -0.3 is 5.32 Å². The predicted octanol–water partition coefficient (Wildman–Crippen LogP) is 4.05. The van der Waals surface area contributed by atoms with Crippen molar-refractivity contribution in [1.82, 2.24) is 10.3 Å². The fraction of sp³-hybridized carbons (Fsp3) is 0.211. The Morgan fingerprint density at radius 1 is 1.00 bits per heavy atom. The van der Waals surface area contributed by atoms with Crippen LogP contribution >= 0.6 is 0 Å². The van der Waals surface area contributed by atoms with Crippen molar-refractivity contribution in [3.8, 4) is 0 Å². The molecule has 3 aromatic rings. The third-order valence-corrected chi connectivity index (χ3v) is 4.11. The molecule has 3 rings (SSSR count). The Bertz CT molecular complexity index is 744. The summed E-state index contributed by atoms with van der Waals surface area (Å²) < 4.78 is 0. The maximum Gasteiger partial charge on any atom is 0.0380 e. The highest BCUT2D eigenvalue weighted by Crippen LogP contribution is 2.26. The lowest BCUT2D eigenvalue weighted by Crippen LogP contribution is -2.19. The van der Waals surface area contributed by atoms with Crippen LogP contribution in [0.2, 0.25) is 0 Å². The number of rotatable bonds is 4. The lowest BCUT2D eigenvalue weighted by molar-refractivity contribution is 0.593. The summed E-state index contributed by atoms with van der Waals surface area (Å²) in [5.41, 5.74) is 3.98. The minimum absolute atomic E-state index is 0.268. The van der Waals surface area contributed by atoms with E-state index in [0.29, 0.717) is 0 Å². The molecule has 2 aromatic carbocycles. The highest BCUT2D eigenvalue weighted by Gasteiger charge is 2.14. The van der Waals surface area contributed by atoms with Crippen LogP contribution in [0.5, 0.6) is 0 Å². The van der Waals surface area contributed by atoms with E-state index in [4.69, 9.17) is 0 Å². The number of aryl methyl sites for hydroxylation is 1. The molecule has 1 atom stereocenters. The number of hydrogen-bond donors (Lipinski definition) is 1. The molecule has 2 heteroatoms. The van der Waals surface area contributed by atoms with Gasteiger partial charge in [-0.05, 0) is 42.5 Å². The fourth-order valence-corrected chi connectivity index (χ4v) is 2.84. The molecule has 0 amide bonds. The molecular formula is C19H20N2. The number of benzene rings is 2. The summed E-state index contributed by atoms with van der Waals surface area (Å²) in [5.74, 6) is 0. The number of fused-ring (bicyclic) bond motifs is 1. The van der Waals surface area contributed by atoms with Crippen molar-refractivity contribution in [2.75, 3.05) is 7.05 Å². The Labute approximate surface area is 125 Å². The first kappa shape index (κ1) is 13.8. The zero-order valence-electron chi connectivity index (χ0n) is 12.5. The summed E-state index contributed by atoms with van der Waals surface area (Å²) in [6.07, 6.45) is 4.89. The minimum Gasteiger partial charge on any atom is -0.313 e. The van der Waals surface area contributed by atoms with Gasteiger partial charge in [0.15, 0.2) is 0 Å². The normalized spacial score (nSPS) is 12.5. The maximum atomic E-state index is 4.41. The lowest BCUT2D eigenvalue weighted by atomic mass is 9.94. The van der Waals surface area contributed by atoms with Crippen LogP contribution in [-0.2, 0) is 6.42 Å². The van der Waals surface area contributed by atoms with Gasteiger partial charge in [0, 0.05) is 23.8 Å². The quantitative estimate of drug-likeness (QED) is 0.777. The molecule has 0 spiro atoms. The van der Waals surface area contributed by atoms with Gasteiger partial charge in [0.25, 0.3) is 0 Å². The van der Waals surface area contributed by atoms with Gasteiger partial charge in [-0.3, -0.25) is 4.98 Å². The van der Waals surface area contributed by atoms with Gasteiger partial charge in [0.2, 0.25) is 0 Å². The van der Waals surface area contributed by atoms with Gasteiger partial charge in [-0.1, -0.05) is 48.5 Å². The topological polar surface area (TPSA) is 24.9 Å². The van der Waals surface area contributed by atoms with E-state index >= 15 is 0 Å². The number of likely N-dealkylation sites (N-methyl/N-ethyl adjacent to an activating group) is 1. The Hall–Kier alpha value is -2.19. The largest absolute Gasteiger partial charge is 0.313 e. The van der Waals surface area contributed by atoms with Crippen molar-refractivity contribution in [2.24, 2.45) is 0 Å². The molecular weight excluding hydrogens is 256 g/mol. The summed E-state index contributed by atoms with van der Waals surface area (Å²) >= 11 is 0. The molecule has 21 heavy (non-hydrogen) atoms. The van der Waals surface area contributed by atoms with Crippen molar-refractivity contribution in [3.63, 3.8) is 0 Å². The van der Waals surface area contributed by atoms with E-state index in [1.54, 1.807) is 0 Å². The molecule has 1 aromatic heterocycles. The zero-order chi connectivity index (χ0) is 14.7. The summed E-state index contributed by atoms with van der Waals surface area (Å²) in [4.78, 5) is 4.41. The number of nitrogens with one attached hydrogen (secondary N) is 1. The summed E-state index contributed by atoms with van der Waals surface area (Å²) in [6, 6.07) is 17.3. The lowest BCUT2D eigenvalue weighted by Gasteiger charge is -2.19. The predicted molar refractivity (Wildman–Crippen MR) is 88.4 cm³/mol. The van der Waals surface area contributed by atoms with Crippen LogP contribution in [0.4, 0.5) is 0 Å². The van der Waals surface area contributed by atoms with Gasteiger partial charge in [-0.2, -0.15) is 0 Å². The first-order valence-electron chi connectivity index (χ1n) is 7.34. The molecule has 1 N–H and O–H groups in total. The molecule has 1 heterocycles. The van der Waals surface area contributed by atoms with E-state index in [1.165, 1.54) is 27.5 Å². The van der Waals surface area contributed by atoms with Crippen molar-refractivity contribution in [2.45, 2.75) is 19.4 Å². The number of nitrogens with zero attached hydrogens (tertiary/aromatic N) is 1. The third-order valence-electron chi connectivity index (χ3n) is 4.11. The average molecular weight is 276 g/mol. The van der Waals surface area contributed by atoms with E-state index in [-0.39, 0.29) is 6.04 Å². The van der Waals surface area contributed by atoms with E-state index in [1.807, 2.05) is 19.4 Å². The molecule has 106 valence electrons. The van der Waals surface area contributed by atoms with Crippen LogP contribution in [0, 0.1) is 6.92 Å². The number of pyridine rings is 1. The highest BCUT2D eigenvalue weighted by atomic mass is 14.9. The van der Waals surface area contributed by atoms with Crippen molar-refractivity contribution < 1.29 is 0 Å². The highest BCUT2D eigenvalue weighted by molar-refractivity contribution is 5.85. The van der Waals surface area contributed by atoms with Crippen LogP contribution < -0.4 is 5.32 Å². The second-order valence-corrected chi connectivity index (χ2v) is 5.42. The SMILES string of the molecule is CNC(Cc1ccccc1C)c1cncc2ccccc12. The smallest absolute Gasteiger partial charge is 0.0380 e. The molecule has 0 bridgehead atoms. The molecule has 0 aliphatic rings. The van der Waals surface area contributed by atoms with Gasteiger partial charge in [0.1, 0.15) is 0 Å². The molecule has 0 aliphatic heterocycles. The Morgan fingerprint density at radius 3 is 2.57 bits per heavy atom. The first-order chi connectivity index (χ1) is 10.3. The fourth-order valence-electron chi connectivity index (χ4n) is 2.84. The van der Waals surface area contributed by atoms with Crippen LogP contribution in [0.1, 0.15) is 22.7 Å². The Kier molecular flexibility index (Phi) is 3.98. The second-order valence-electron chi connectivity index (χ2n) is 5.42. The van der Waals surface area contributed by atoms with Crippen LogP contribution in [0.3, 0.4) is 0 Å². The zero-order valence-corrected chi connectivity index (χ0v) is 12.5. The standard InChI is InChI=1S/C19H20N2/c1-14-7-3-4-8-15(14)11-19(20-2)18-13-21-12-16-9-5-6-10-17(16)18/h3-10,12-13,19-20H,11H2,1-2H3. The van der Waals surface area contributed by atoms with Crippen molar-refractivity contribution >= 4 is 10.8 Å². The van der Waals surface area contributed by atoms with E-state index in [0.717, 1.165) is 6.42 Å².